The molecule has 27 heavy (non-hydrogen) atoms. The van der Waals surface area contributed by atoms with E-state index < -0.39 is 0 Å². The topological polar surface area (TPSA) is 87.9 Å². The second-order valence-electron chi connectivity index (χ2n) is 6.86. The zero-order valence-electron chi connectivity index (χ0n) is 15.2. The third kappa shape index (κ3) is 3.47. The van der Waals surface area contributed by atoms with Crippen LogP contribution in [0.4, 0.5) is 4.39 Å². The highest BCUT2D eigenvalue weighted by Crippen LogP contribution is 2.28. The zero-order valence-corrected chi connectivity index (χ0v) is 15.2. The minimum Gasteiger partial charge on any atom is -0.425 e. The van der Waals surface area contributed by atoms with Crippen molar-refractivity contribution in [2.45, 2.75) is 32.6 Å². The van der Waals surface area contributed by atoms with Crippen LogP contribution in [0.25, 0.3) is 11.3 Å². The molecule has 0 saturated carbocycles. The van der Waals surface area contributed by atoms with Crippen molar-refractivity contribution >= 4 is 5.91 Å². The fourth-order valence-corrected chi connectivity index (χ4v) is 3.36. The summed E-state index contributed by atoms with van der Waals surface area (Å²) in [5.74, 6) is 1.05. The Bertz CT molecular complexity index is 972. The monoisotopic (exact) mass is 369 g/mol. The number of hydrogen-bond donors (Lipinski definition) is 1. The molecular weight excluding hydrogens is 349 g/mol. The summed E-state index contributed by atoms with van der Waals surface area (Å²) in [6.07, 6.45) is 1.57. The normalized spacial score (nSPS) is 15.3. The van der Waals surface area contributed by atoms with E-state index in [0.717, 1.165) is 18.4 Å². The van der Waals surface area contributed by atoms with Gasteiger partial charge in [0, 0.05) is 31.5 Å². The molecule has 3 aromatic rings. The van der Waals surface area contributed by atoms with Gasteiger partial charge in [0.1, 0.15) is 11.5 Å². The van der Waals surface area contributed by atoms with Gasteiger partial charge in [0.25, 0.3) is 5.91 Å². The first-order chi connectivity index (χ1) is 13.0. The van der Waals surface area contributed by atoms with E-state index in [2.05, 4.69) is 20.4 Å². The number of aromatic amines is 1. The van der Waals surface area contributed by atoms with E-state index in [1.807, 2.05) is 0 Å². The van der Waals surface area contributed by atoms with Crippen LogP contribution >= 0.6 is 0 Å². The maximum absolute atomic E-state index is 13.4. The van der Waals surface area contributed by atoms with Gasteiger partial charge in [-0.1, -0.05) is 0 Å². The van der Waals surface area contributed by atoms with Gasteiger partial charge in [-0.05, 0) is 49.6 Å². The van der Waals surface area contributed by atoms with Crippen LogP contribution in [0.3, 0.4) is 0 Å². The molecule has 4 rings (SSSR count). The largest absolute Gasteiger partial charge is 0.425 e. The van der Waals surface area contributed by atoms with Crippen molar-refractivity contribution in [2.24, 2.45) is 0 Å². The maximum Gasteiger partial charge on any atom is 0.271 e. The van der Waals surface area contributed by atoms with Gasteiger partial charge in [-0.25, -0.2) is 4.39 Å². The number of carbonyl (C=O) groups is 1. The molecule has 0 atom stereocenters. The van der Waals surface area contributed by atoms with E-state index in [4.69, 9.17) is 4.42 Å². The van der Waals surface area contributed by atoms with Crippen molar-refractivity contribution in [2.75, 3.05) is 13.1 Å². The van der Waals surface area contributed by atoms with Gasteiger partial charge in [-0.15, -0.1) is 10.2 Å². The van der Waals surface area contributed by atoms with Gasteiger partial charge in [-0.3, -0.25) is 9.89 Å². The van der Waals surface area contributed by atoms with Crippen LogP contribution in [-0.4, -0.2) is 44.3 Å². The van der Waals surface area contributed by atoms with Crippen LogP contribution in [0.1, 0.15) is 46.6 Å². The Labute approximate surface area is 155 Å². The highest BCUT2D eigenvalue weighted by Gasteiger charge is 2.28. The maximum atomic E-state index is 13.4. The fraction of sp³-hybridized carbons (Fsp3) is 0.368. The zero-order chi connectivity index (χ0) is 19.0. The molecule has 0 bridgehead atoms. The molecule has 0 unspecified atom stereocenters. The number of benzene rings is 1. The van der Waals surface area contributed by atoms with Crippen molar-refractivity contribution < 1.29 is 13.6 Å². The lowest BCUT2D eigenvalue weighted by Gasteiger charge is -2.30. The Morgan fingerprint density at radius 3 is 2.67 bits per heavy atom. The molecule has 1 N–H and O–H groups in total. The Balaban J connectivity index is 1.43. The molecule has 1 amide bonds. The molecule has 0 spiro atoms. The van der Waals surface area contributed by atoms with Gasteiger partial charge < -0.3 is 9.32 Å². The summed E-state index contributed by atoms with van der Waals surface area (Å²) in [6.45, 7) is 4.71. The average molecular weight is 369 g/mol. The highest BCUT2D eigenvalue weighted by molar-refractivity contribution is 5.93. The van der Waals surface area contributed by atoms with Crippen molar-refractivity contribution in [1.82, 2.24) is 25.3 Å². The molecule has 140 valence electrons. The lowest BCUT2D eigenvalue weighted by molar-refractivity contribution is 0.0700. The molecule has 7 nitrogen and oxygen atoms in total. The predicted octanol–water partition coefficient (Wildman–Crippen LogP) is 3.24. The first-order valence-corrected chi connectivity index (χ1v) is 8.92. The number of carbonyl (C=O) groups excluding carboxylic acids is 1. The average Bonchev–Trinajstić information content (AvgIpc) is 3.33. The van der Waals surface area contributed by atoms with Crippen molar-refractivity contribution in [3.63, 3.8) is 0 Å². The molecule has 1 aromatic carbocycles. The molecule has 1 aliphatic rings. The van der Waals surface area contributed by atoms with Crippen molar-refractivity contribution in [3.8, 4) is 11.3 Å². The SMILES string of the molecule is Cc1nnc(C2CCN(C(=O)c3cc(-c4ccc(F)c(C)c4)n[nH]3)CC2)o1. The molecule has 3 heterocycles. The summed E-state index contributed by atoms with van der Waals surface area (Å²) in [4.78, 5) is 14.6. The molecule has 1 saturated heterocycles. The summed E-state index contributed by atoms with van der Waals surface area (Å²) in [5, 5.41) is 15.0. The predicted molar refractivity (Wildman–Crippen MR) is 95.6 cm³/mol. The Kier molecular flexibility index (Phi) is 4.47. The number of aromatic nitrogens is 4. The van der Waals surface area contributed by atoms with Gasteiger partial charge in [0.2, 0.25) is 11.8 Å². The summed E-state index contributed by atoms with van der Waals surface area (Å²) in [5.41, 5.74) is 2.37. The van der Waals surface area contributed by atoms with E-state index in [-0.39, 0.29) is 17.6 Å². The van der Waals surface area contributed by atoms with Gasteiger partial charge in [0.15, 0.2) is 0 Å². The minimum absolute atomic E-state index is 0.0901. The van der Waals surface area contributed by atoms with Crippen LogP contribution < -0.4 is 0 Å². The number of piperidine rings is 1. The second kappa shape index (κ2) is 6.94. The summed E-state index contributed by atoms with van der Waals surface area (Å²) < 4.78 is 18.9. The van der Waals surface area contributed by atoms with E-state index in [9.17, 15) is 9.18 Å². The van der Waals surface area contributed by atoms with E-state index in [1.54, 1.807) is 36.9 Å². The lowest BCUT2D eigenvalue weighted by atomic mass is 9.96. The van der Waals surface area contributed by atoms with E-state index in [0.29, 0.717) is 41.8 Å². The Hall–Kier alpha value is -3.03. The fourth-order valence-electron chi connectivity index (χ4n) is 3.36. The van der Waals surface area contributed by atoms with Crippen molar-refractivity contribution in [3.05, 3.63) is 53.1 Å². The highest BCUT2D eigenvalue weighted by atomic mass is 19.1. The Morgan fingerprint density at radius 1 is 1.22 bits per heavy atom. The van der Waals surface area contributed by atoms with Crippen LogP contribution in [0.5, 0.6) is 0 Å². The molecule has 8 heteroatoms. The quantitative estimate of drug-likeness (QED) is 0.766. The first-order valence-electron chi connectivity index (χ1n) is 8.92. The number of amides is 1. The van der Waals surface area contributed by atoms with Crippen molar-refractivity contribution in [1.29, 1.82) is 0 Å². The van der Waals surface area contributed by atoms with Gasteiger partial charge in [0.05, 0.1) is 5.69 Å². The van der Waals surface area contributed by atoms with Crippen LogP contribution in [-0.2, 0) is 0 Å². The third-order valence-electron chi connectivity index (χ3n) is 4.94. The van der Waals surface area contributed by atoms with E-state index in [1.165, 1.54) is 6.07 Å². The number of rotatable bonds is 3. The van der Waals surface area contributed by atoms with Crippen LogP contribution in [0.15, 0.2) is 28.7 Å². The minimum atomic E-state index is -0.259. The number of halogens is 1. The van der Waals surface area contributed by atoms with Crippen LogP contribution in [0.2, 0.25) is 0 Å². The standard InChI is InChI=1S/C19H20FN5O2/c1-11-9-14(3-4-15(11)20)16-10-17(23-22-16)19(26)25-7-5-13(6-8-25)18-24-21-12(2)27-18/h3-4,9-10,13H,5-8H2,1-2H3,(H,22,23). The number of likely N-dealkylation sites (tertiary alicyclic amines) is 1. The number of nitrogens with zero attached hydrogens (tertiary/aromatic N) is 4. The molecule has 0 aliphatic carbocycles. The molecule has 1 aliphatic heterocycles. The summed E-state index contributed by atoms with van der Waals surface area (Å²) in [6, 6.07) is 6.50. The molecular formula is C19H20FN5O2. The second-order valence-corrected chi connectivity index (χ2v) is 6.86. The smallest absolute Gasteiger partial charge is 0.271 e. The number of H-pyrrole nitrogens is 1. The Morgan fingerprint density at radius 2 is 2.00 bits per heavy atom. The van der Waals surface area contributed by atoms with Crippen LogP contribution in [0, 0.1) is 19.7 Å². The number of hydrogen-bond acceptors (Lipinski definition) is 5. The number of aryl methyl sites for hydroxylation is 2. The van der Waals surface area contributed by atoms with E-state index >= 15 is 0 Å². The molecule has 0 radical (unpaired) electrons. The number of nitrogens with one attached hydrogen (secondary N) is 1. The van der Waals surface area contributed by atoms with Gasteiger partial charge in [-0.2, -0.15) is 5.10 Å². The lowest BCUT2D eigenvalue weighted by Crippen LogP contribution is -2.38. The third-order valence-corrected chi connectivity index (χ3v) is 4.94. The molecule has 2 aromatic heterocycles. The molecule has 1 fully saturated rings. The first kappa shape index (κ1) is 17.4. The summed E-state index contributed by atoms with van der Waals surface area (Å²) in [7, 11) is 0. The van der Waals surface area contributed by atoms with Gasteiger partial charge >= 0.3 is 0 Å². The summed E-state index contributed by atoms with van der Waals surface area (Å²) >= 11 is 0.